The van der Waals surface area contributed by atoms with E-state index in [1.807, 2.05) is 6.07 Å². The molecule has 1 aromatic heterocycles. The van der Waals surface area contributed by atoms with Crippen LogP contribution in [0.2, 0.25) is 0 Å². The number of benzene rings is 2. The SMILES string of the molecule is C=C(Cc1nc(-c2ccc(C)cc2)cs1)c1cccc(CSCC(=O)OC)c1. The highest BCUT2D eigenvalue weighted by Crippen LogP contribution is 2.26. The maximum Gasteiger partial charge on any atom is 0.315 e. The minimum atomic E-state index is -0.196. The van der Waals surface area contributed by atoms with Crippen molar-refractivity contribution < 1.29 is 9.53 Å². The summed E-state index contributed by atoms with van der Waals surface area (Å²) in [5.41, 5.74) is 6.74. The molecule has 0 saturated carbocycles. The molecular formula is C23H23NO2S2. The van der Waals surface area contributed by atoms with Crippen LogP contribution in [-0.4, -0.2) is 23.8 Å². The van der Waals surface area contributed by atoms with Crippen molar-refractivity contribution in [1.29, 1.82) is 0 Å². The third-order valence-corrected chi connectivity index (χ3v) is 6.14. The number of nitrogens with zero attached hydrogens (tertiary/aromatic N) is 1. The standard InChI is InChI=1S/C23H23NO2S2/c1-16-7-9-19(10-8-16)21-14-28-22(24-21)11-17(2)20-6-4-5-18(12-20)13-27-15-23(25)26-3/h4-10,12,14H,2,11,13,15H2,1,3H3. The Balaban J connectivity index is 1.62. The number of rotatable bonds is 8. The molecule has 0 N–H and O–H groups in total. The molecule has 0 aliphatic rings. The average molecular weight is 410 g/mol. The number of aromatic nitrogens is 1. The van der Waals surface area contributed by atoms with Gasteiger partial charge in [-0.1, -0.05) is 60.7 Å². The Kier molecular flexibility index (Phi) is 7.06. The number of ether oxygens (including phenoxy) is 1. The van der Waals surface area contributed by atoms with E-state index in [9.17, 15) is 4.79 Å². The van der Waals surface area contributed by atoms with E-state index in [2.05, 4.69) is 66.1 Å². The Labute approximate surface area is 174 Å². The second-order valence-corrected chi connectivity index (χ2v) is 8.47. The molecule has 0 spiro atoms. The molecule has 5 heteroatoms. The van der Waals surface area contributed by atoms with Crippen LogP contribution < -0.4 is 0 Å². The lowest BCUT2D eigenvalue weighted by atomic mass is 10.0. The summed E-state index contributed by atoms with van der Waals surface area (Å²) >= 11 is 3.22. The smallest absolute Gasteiger partial charge is 0.315 e. The van der Waals surface area contributed by atoms with Crippen LogP contribution in [0.1, 0.15) is 21.7 Å². The van der Waals surface area contributed by atoms with Crippen LogP contribution in [-0.2, 0) is 21.7 Å². The predicted molar refractivity (Wildman–Crippen MR) is 120 cm³/mol. The van der Waals surface area contributed by atoms with Crippen molar-refractivity contribution in [3.8, 4) is 11.3 Å². The Hall–Kier alpha value is -2.37. The van der Waals surface area contributed by atoms with Crippen LogP contribution in [0.15, 0.2) is 60.5 Å². The van der Waals surface area contributed by atoms with Gasteiger partial charge in [0.1, 0.15) is 0 Å². The summed E-state index contributed by atoms with van der Waals surface area (Å²) in [6.07, 6.45) is 0.731. The molecule has 0 bridgehead atoms. The number of methoxy groups -OCH3 is 1. The van der Waals surface area contributed by atoms with Gasteiger partial charge in [-0.05, 0) is 23.6 Å². The van der Waals surface area contributed by atoms with Crippen LogP contribution in [0.4, 0.5) is 0 Å². The molecule has 144 valence electrons. The van der Waals surface area contributed by atoms with Crippen LogP contribution in [0.25, 0.3) is 16.8 Å². The number of carbonyl (C=O) groups excluding carboxylic acids is 1. The van der Waals surface area contributed by atoms with Gasteiger partial charge in [-0.3, -0.25) is 4.79 Å². The molecule has 0 atom stereocenters. The average Bonchev–Trinajstić information content (AvgIpc) is 3.17. The number of thiazole rings is 1. The summed E-state index contributed by atoms with van der Waals surface area (Å²) < 4.78 is 4.68. The number of hydrogen-bond acceptors (Lipinski definition) is 5. The summed E-state index contributed by atoms with van der Waals surface area (Å²) in [7, 11) is 1.41. The first-order chi connectivity index (χ1) is 13.5. The number of thioether (sulfide) groups is 1. The van der Waals surface area contributed by atoms with E-state index in [-0.39, 0.29) is 5.97 Å². The molecule has 1 heterocycles. The summed E-state index contributed by atoms with van der Waals surface area (Å²) in [5, 5.41) is 3.17. The van der Waals surface area contributed by atoms with Crippen molar-refractivity contribution in [1.82, 2.24) is 4.98 Å². The van der Waals surface area contributed by atoms with Crippen molar-refractivity contribution >= 4 is 34.6 Å². The molecule has 0 saturated heterocycles. The lowest BCUT2D eigenvalue weighted by Gasteiger charge is -2.07. The normalized spacial score (nSPS) is 10.6. The van der Waals surface area contributed by atoms with E-state index in [0.29, 0.717) is 5.75 Å². The molecule has 0 radical (unpaired) electrons. The van der Waals surface area contributed by atoms with E-state index in [1.165, 1.54) is 18.2 Å². The highest BCUT2D eigenvalue weighted by Gasteiger charge is 2.08. The molecule has 0 amide bonds. The second-order valence-electron chi connectivity index (χ2n) is 6.54. The number of esters is 1. The Bertz CT molecular complexity index is 961. The van der Waals surface area contributed by atoms with Gasteiger partial charge in [0.05, 0.1) is 23.6 Å². The van der Waals surface area contributed by atoms with Gasteiger partial charge >= 0.3 is 5.97 Å². The van der Waals surface area contributed by atoms with Crippen LogP contribution in [0.5, 0.6) is 0 Å². The fraction of sp³-hybridized carbons (Fsp3) is 0.217. The van der Waals surface area contributed by atoms with Gasteiger partial charge in [-0.15, -0.1) is 23.1 Å². The number of aryl methyl sites for hydroxylation is 1. The minimum absolute atomic E-state index is 0.196. The van der Waals surface area contributed by atoms with Gasteiger partial charge < -0.3 is 4.74 Å². The van der Waals surface area contributed by atoms with Crippen LogP contribution in [0.3, 0.4) is 0 Å². The third-order valence-electron chi connectivity index (χ3n) is 4.32. The molecule has 0 aliphatic heterocycles. The Morgan fingerprint density at radius 1 is 1.21 bits per heavy atom. The van der Waals surface area contributed by atoms with Gasteiger partial charge in [0.15, 0.2) is 0 Å². The van der Waals surface area contributed by atoms with Crippen LogP contribution >= 0.6 is 23.1 Å². The maximum absolute atomic E-state index is 11.2. The highest BCUT2D eigenvalue weighted by atomic mass is 32.2. The molecule has 2 aromatic carbocycles. The topological polar surface area (TPSA) is 39.2 Å². The number of hydrogen-bond donors (Lipinski definition) is 0. The molecule has 0 fully saturated rings. The summed E-state index contributed by atoms with van der Waals surface area (Å²) in [4.78, 5) is 16.0. The molecule has 0 aliphatic carbocycles. The van der Waals surface area contributed by atoms with E-state index in [0.717, 1.165) is 39.6 Å². The monoisotopic (exact) mass is 409 g/mol. The largest absolute Gasteiger partial charge is 0.468 e. The molecular weight excluding hydrogens is 386 g/mol. The predicted octanol–water partition coefficient (Wildman–Crippen LogP) is 5.78. The first-order valence-corrected chi connectivity index (χ1v) is 11.0. The molecule has 0 unspecified atom stereocenters. The zero-order valence-electron chi connectivity index (χ0n) is 16.1. The highest BCUT2D eigenvalue weighted by molar-refractivity contribution is 7.99. The van der Waals surface area contributed by atoms with E-state index in [4.69, 9.17) is 4.98 Å². The fourth-order valence-electron chi connectivity index (χ4n) is 2.73. The van der Waals surface area contributed by atoms with E-state index >= 15 is 0 Å². The number of allylic oxidation sites excluding steroid dienone is 1. The summed E-state index contributed by atoms with van der Waals surface area (Å²) in [6, 6.07) is 16.8. The summed E-state index contributed by atoms with van der Waals surface area (Å²) in [5.74, 6) is 0.937. The van der Waals surface area contributed by atoms with Crippen molar-refractivity contribution in [2.24, 2.45) is 0 Å². The van der Waals surface area contributed by atoms with Crippen molar-refractivity contribution in [3.05, 3.63) is 82.2 Å². The zero-order chi connectivity index (χ0) is 19.9. The first kappa shape index (κ1) is 20.4. The number of carbonyl (C=O) groups is 1. The van der Waals surface area contributed by atoms with Crippen molar-refractivity contribution in [2.75, 3.05) is 12.9 Å². The summed E-state index contributed by atoms with van der Waals surface area (Å²) in [6.45, 7) is 6.35. The van der Waals surface area contributed by atoms with Crippen LogP contribution in [0, 0.1) is 6.92 Å². The zero-order valence-corrected chi connectivity index (χ0v) is 17.7. The maximum atomic E-state index is 11.2. The van der Waals surface area contributed by atoms with Gasteiger partial charge in [0, 0.05) is 23.1 Å². The van der Waals surface area contributed by atoms with Gasteiger partial charge in [-0.2, -0.15) is 0 Å². The second kappa shape index (κ2) is 9.71. The third kappa shape index (κ3) is 5.57. The Morgan fingerprint density at radius 3 is 2.75 bits per heavy atom. The van der Waals surface area contributed by atoms with Crippen molar-refractivity contribution in [2.45, 2.75) is 19.1 Å². The van der Waals surface area contributed by atoms with E-state index < -0.39 is 0 Å². The lowest BCUT2D eigenvalue weighted by molar-refractivity contribution is -0.137. The molecule has 3 nitrogen and oxygen atoms in total. The van der Waals surface area contributed by atoms with Crippen molar-refractivity contribution in [3.63, 3.8) is 0 Å². The van der Waals surface area contributed by atoms with Gasteiger partial charge in [-0.25, -0.2) is 4.98 Å². The molecule has 3 aromatic rings. The lowest BCUT2D eigenvalue weighted by Crippen LogP contribution is -2.03. The fourth-order valence-corrected chi connectivity index (χ4v) is 4.37. The Morgan fingerprint density at radius 2 is 2.00 bits per heavy atom. The molecule has 28 heavy (non-hydrogen) atoms. The van der Waals surface area contributed by atoms with Gasteiger partial charge in [0.2, 0.25) is 0 Å². The van der Waals surface area contributed by atoms with Gasteiger partial charge in [0.25, 0.3) is 0 Å². The minimum Gasteiger partial charge on any atom is -0.468 e. The first-order valence-electron chi connectivity index (χ1n) is 8.98. The molecule has 3 rings (SSSR count). The quantitative estimate of drug-likeness (QED) is 0.442. The van der Waals surface area contributed by atoms with E-state index in [1.54, 1.807) is 23.1 Å².